The number of pyridine rings is 2. The molecule has 0 bridgehead atoms. The van der Waals surface area contributed by atoms with Crippen molar-refractivity contribution in [2.24, 2.45) is 7.05 Å². The molecule has 1 atom stereocenters. The van der Waals surface area contributed by atoms with Gasteiger partial charge in [-0.25, -0.2) is 9.55 Å². The Bertz CT molecular complexity index is 1790. The molecule has 0 spiro atoms. The topological polar surface area (TPSA) is 72.9 Å². The van der Waals surface area contributed by atoms with E-state index in [4.69, 9.17) is 18.0 Å². The Morgan fingerprint density at radius 2 is 1.79 bits per heavy atom. The molecule has 0 radical (unpaired) electrons. The van der Waals surface area contributed by atoms with E-state index >= 15 is 0 Å². The molecule has 0 saturated carbocycles. The van der Waals surface area contributed by atoms with E-state index in [2.05, 4.69) is 15.9 Å². The summed E-state index contributed by atoms with van der Waals surface area (Å²) in [4.78, 5) is 21.0. The second kappa shape index (κ2) is 9.17. The van der Waals surface area contributed by atoms with Crippen LogP contribution in [-0.4, -0.2) is 24.2 Å². The highest BCUT2D eigenvalue weighted by Gasteiger charge is 2.39. The highest BCUT2D eigenvalue weighted by molar-refractivity contribution is 6.30. The number of aryl methyl sites for hydroxylation is 1. The zero-order chi connectivity index (χ0) is 27.2. The molecule has 1 N–H and O–H groups in total. The fourth-order valence-electron chi connectivity index (χ4n) is 4.53. The SMILES string of the molecule is C#Cc1cccc(-c2cc(=O)n(C(F)(F)F)c3cnc([C@](O)(c4ccc(Cl)cc4)c4cncn4C)cc23)c1. The average Bonchev–Trinajstić information content (AvgIpc) is 3.33. The first kappa shape index (κ1) is 25.3. The molecule has 0 aliphatic carbocycles. The zero-order valence-electron chi connectivity index (χ0n) is 19.7. The van der Waals surface area contributed by atoms with Gasteiger partial charge < -0.3 is 9.67 Å². The number of halogens is 4. The molecule has 5 aromatic rings. The maximum atomic E-state index is 14.0. The fourth-order valence-corrected chi connectivity index (χ4v) is 4.65. The second-order valence-electron chi connectivity index (χ2n) is 8.62. The highest BCUT2D eigenvalue weighted by atomic mass is 35.5. The number of rotatable bonds is 4. The standard InChI is InChI=1S/C28H18ClF3N4O2/c1-3-17-5-4-6-18(11-17)21-13-26(37)36(28(30,31)32)23-14-34-24(12-22(21)23)27(38,25-15-33-16-35(25)2)19-7-9-20(29)10-8-19/h1,4-16,38H,2H3/t27-/m1/s1. The lowest BCUT2D eigenvalue weighted by atomic mass is 9.86. The minimum Gasteiger partial charge on any atom is -0.373 e. The van der Waals surface area contributed by atoms with Gasteiger partial charge in [0.15, 0.2) is 5.60 Å². The smallest absolute Gasteiger partial charge is 0.373 e. The van der Waals surface area contributed by atoms with Gasteiger partial charge in [0.25, 0.3) is 5.56 Å². The molecule has 0 amide bonds. The lowest BCUT2D eigenvalue weighted by Crippen LogP contribution is -2.33. The fraction of sp³-hybridized carbons (Fsp3) is 0.107. The summed E-state index contributed by atoms with van der Waals surface area (Å²) in [7, 11) is 1.67. The number of aromatic nitrogens is 4. The van der Waals surface area contributed by atoms with Gasteiger partial charge in [0.2, 0.25) is 0 Å². The predicted octanol–water partition coefficient (Wildman–Crippen LogP) is 5.19. The van der Waals surface area contributed by atoms with Crippen molar-refractivity contribution in [3.05, 3.63) is 117 Å². The van der Waals surface area contributed by atoms with Crippen molar-refractivity contribution in [3.8, 4) is 23.5 Å². The number of benzene rings is 2. The van der Waals surface area contributed by atoms with E-state index in [0.29, 0.717) is 27.4 Å². The van der Waals surface area contributed by atoms with Crippen LogP contribution in [0.25, 0.3) is 22.0 Å². The molecule has 0 saturated heterocycles. The van der Waals surface area contributed by atoms with Crippen molar-refractivity contribution in [2.75, 3.05) is 0 Å². The summed E-state index contributed by atoms with van der Waals surface area (Å²) in [5, 5.41) is 12.7. The van der Waals surface area contributed by atoms with Gasteiger partial charge in [-0.1, -0.05) is 41.8 Å². The average molecular weight is 535 g/mol. The van der Waals surface area contributed by atoms with E-state index in [-0.39, 0.29) is 21.2 Å². The van der Waals surface area contributed by atoms with Gasteiger partial charge in [-0.15, -0.1) is 19.6 Å². The van der Waals surface area contributed by atoms with Gasteiger partial charge in [0.05, 0.1) is 35.6 Å². The quantitative estimate of drug-likeness (QED) is 0.322. The number of imidazole rings is 1. The van der Waals surface area contributed by atoms with E-state index in [9.17, 15) is 23.1 Å². The molecule has 5 rings (SSSR count). The second-order valence-corrected chi connectivity index (χ2v) is 9.05. The van der Waals surface area contributed by atoms with Crippen LogP contribution in [0.15, 0.2) is 84.2 Å². The Kier molecular flexibility index (Phi) is 6.10. The van der Waals surface area contributed by atoms with Crippen molar-refractivity contribution < 1.29 is 18.3 Å². The summed E-state index contributed by atoms with van der Waals surface area (Å²) >= 11 is 6.06. The van der Waals surface area contributed by atoms with Gasteiger partial charge in [-0.3, -0.25) is 9.78 Å². The van der Waals surface area contributed by atoms with E-state index in [1.54, 1.807) is 60.1 Å². The van der Waals surface area contributed by atoms with Crippen LogP contribution in [0, 0.1) is 12.3 Å². The van der Waals surface area contributed by atoms with Crippen molar-refractivity contribution >= 4 is 22.5 Å². The van der Waals surface area contributed by atoms with Crippen LogP contribution in [0.4, 0.5) is 13.2 Å². The minimum atomic E-state index is -5.01. The number of hydrogen-bond acceptors (Lipinski definition) is 4. The molecule has 2 aromatic carbocycles. The summed E-state index contributed by atoms with van der Waals surface area (Å²) in [5.41, 5.74) is -1.88. The normalized spacial score (nSPS) is 13.3. The molecule has 0 aliphatic heterocycles. The number of aliphatic hydroxyl groups is 1. The molecule has 10 heteroatoms. The highest BCUT2D eigenvalue weighted by Crippen LogP contribution is 2.39. The van der Waals surface area contributed by atoms with Crippen molar-refractivity contribution in [1.82, 2.24) is 19.1 Å². The molecule has 0 unspecified atom stereocenters. The van der Waals surface area contributed by atoms with Crippen LogP contribution < -0.4 is 5.56 Å². The Hall–Kier alpha value is -4.39. The first-order chi connectivity index (χ1) is 18.0. The van der Waals surface area contributed by atoms with Gasteiger partial charge >= 0.3 is 6.30 Å². The Balaban J connectivity index is 1.89. The van der Waals surface area contributed by atoms with E-state index < -0.39 is 23.0 Å². The summed E-state index contributed by atoms with van der Waals surface area (Å²) in [6.07, 6.45) is 4.37. The van der Waals surface area contributed by atoms with Gasteiger partial charge in [0.1, 0.15) is 0 Å². The summed E-state index contributed by atoms with van der Waals surface area (Å²) < 4.78 is 43.2. The van der Waals surface area contributed by atoms with Gasteiger partial charge in [-0.05, 0) is 47.0 Å². The summed E-state index contributed by atoms with van der Waals surface area (Å²) in [5.74, 6) is 2.49. The predicted molar refractivity (Wildman–Crippen MR) is 137 cm³/mol. The third-order valence-electron chi connectivity index (χ3n) is 6.32. The number of fused-ring (bicyclic) bond motifs is 1. The van der Waals surface area contributed by atoms with Crippen molar-refractivity contribution in [2.45, 2.75) is 11.9 Å². The Morgan fingerprint density at radius 1 is 1.05 bits per heavy atom. The lowest BCUT2D eigenvalue weighted by molar-refractivity contribution is -0.203. The zero-order valence-corrected chi connectivity index (χ0v) is 20.5. The molecule has 6 nitrogen and oxygen atoms in total. The van der Waals surface area contributed by atoms with Crippen LogP contribution in [0.1, 0.15) is 22.5 Å². The third-order valence-corrected chi connectivity index (χ3v) is 6.57. The first-order valence-corrected chi connectivity index (χ1v) is 11.6. The van der Waals surface area contributed by atoms with Crippen LogP contribution in [0.3, 0.4) is 0 Å². The number of hydrogen-bond donors (Lipinski definition) is 1. The number of terminal acetylenes is 1. The lowest BCUT2D eigenvalue weighted by Gasteiger charge is -2.29. The molecule has 190 valence electrons. The van der Waals surface area contributed by atoms with Crippen molar-refractivity contribution in [1.29, 1.82) is 0 Å². The minimum absolute atomic E-state index is 0.0117. The molecular weight excluding hydrogens is 517 g/mol. The summed E-state index contributed by atoms with van der Waals surface area (Å²) in [6.45, 7) is 0. The van der Waals surface area contributed by atoms with Crippen LogP contribution >= 0.6 is 11.6 Å². The first-order valence-electron chi connectivity index (χ1n) is 11.2. The van der Waals surface area contributed by atoms with Crippen LogP contribution in [-0.2, 0) is 18.9 Å². The third kappa shape index (κ3) is 4.14. The Morgan fingerprint density at radius 3 is 2.42 bits per heavy atom. The van der Waals surface area contributed by atoms with Gasteiger partial charge in [-0.2, -0.15) is 0 Å². The maximum absolute atomic E-state index is 14.0. The summed E-state index contributed by atoms with van der Waals surface area (Å²) in [6, 6.07) is 15.1. The molecule has 3 aromatic heterocycles. The van der Waals surface area contributed by atoms with E-state index in [1.807, 2.05) is 0 Å². The molecule has 3 heterocycles. The Labute approximate surface area is 219 Å². The van der Waals surface area contributed by atoms with Crippen molar-refractivity contribution in [3.63, 3.8) is 0 Å². The monoisotopic (exact) mass is 534 g/mol. The molecule has 0 aliphatic rings. The maximum Gasteiger partial charge on any atom is 0.491 e. The molecule has 0 fully saturated rings. The van der Waals surface area contributed by atoms with Crippen LogP contribution in [0.2, 0.25) is 5.02 Å². The number of nitrogens with zero attached hydrogens (tertiary/aromatic N) is 4. The number of alkyl halides is 3. The van der Waals surface area contributed by atoms with Gasteiger partial charge in [0, 0.05) is 29.1 Å². The van der Waals surface area contributed by atoms with E-state index in [0.717, 1.165) is 12.3 Å². The molecule has 38 heavy (non-hydrogen) atoms. The van der Waals surface area contributed by atoms with Crippen LogP contribution in [0.5, 0.6) is 0 Å². The molecular formula is C28H18ClF3N4O2. The largest absolute Gasteiger partial charge is 0.491 e. The van der Waals surface area contributed by atoms with E-state index in [1.165, 1.54) is 18.6 Å².